The predicted octanol–water partition coefficient (Wildman–Crippen LogP) is 4.10. The normalized spacial score (nSPS) is 18.7. The third kappa shape index (κ3) is 3.90. The Labute approximate surface area is 117 Å². The maximum Gasteiger partial charge on any atom is 0.123 e. The number of thioether (sulfide) groups is 2. The summed E-state index contributed by atoms with van der Waals surface area (Å²) >= 11 is 3.74. The van der Waals surface area contributed by atoms with Crippen molar-refractivity contribution in [3.8, 4) is 0 Å². The Kier molecular flexibility index (Phi) is 5.86. The zero-order chi connectivity index (χ0) is 12.8. The minimum Gasteiger partial charge on any atom is -0.310 e. The number of benzene rings is 1. The molecule has 1 N–H and O–H groups in total. The fourth-order valence-electron chi connectivity index (χ4n) is 2.23. The first kappa shape index (κ1) is 14.2. The zero-order valence-electron chi connectivity index (χ0n) is 10.7. The molecule has 0 saturated carbocycles. The largest absolute Gasteiger partial charge is 0.310 e. The van der Waals surface area contributed by atoms with E-state index >= 15 is 0 Å². The van der Waals surface area contributed by atoms with Gasteiger partial charge < -0.3 is 5.32 Å². The van der Waals surface area contributed by atoms with Gasteiger partial charge in [0.05, 0.1) is 0 Å². The number of unbranched alkanes of at least 4 members (excludes halogenated alkanes) is 1. The molecule has 4 heteroatoms. The van der Waals surface area contributed by atoms with E-state index in [1.807, 2.05) is 29.6 Å². The van der Waals surface area contributed by atoms with Gasteiger partial charge in [0.1, 0.15) is 5.82 Å². The third-order valence-corrected chi connectivity index (χ3v) is 5.00. The van der Waals surface area contributed by atoms with Crippen LogP contribution in [-0.2, 0) is 0 Å². The van der Waals surface area contributed by atoms with Gasteiger partial charge in [-0.05, 0) is 67.3 Å². The van der Waals surface area contributed by atoms with E-state index in [2.05, 4.69) is 11.6 Å². The molecule has 0 amide bonds. The Morgan fingerprint density at radius 1 is 1.44 bits per heavy atom. The van der Waals surface area contributed by atoms with Crippen LogP contribution in [0.2, 0.25) is 0 Å². The van der Waals surface area contributed by atoms with Crippen molar-refractivity contribution in [1.82, 2.24) is 5.32 Å². The fourth-order valence-corrected chi connectivity index (χ4v) is 3.82. The van der Waals surface area contributed by atoms with Crippen LogP contribution in [0.5, 0.6) is 0 Å². The van der Waals surface area contributed by atoms with Gasteiger partial charge in [-0.3, -0.25) is 0 Å². The number of halogens is 1. The molecule has 2 rings (SSSR count). The average Bonchev–Trinajstić information content (AvgIpc) is 2.39. The first-order chi connectivity index (χ1) is 8.81. The Morgan fingerprint density at radius 2 is 2.33 bits per heavy atom. The minimum atomic E-state index is -0.120. The van der Waals surface area contributed by atoms with Crippen LogP contribution in [0.4, 0.5) is 4.39 Å². The molecule has 1 aromatic rings. The molecule has 0 aliphatic carbocycles. The second kappa shape index (κ2) is 7.41. The highest BCUT2D eigenvalue weighted by Gasteiger charge is 2.20. The Hall–Kier alpha value is -0.190. The third-order valence-electron chi connectivity index (χ3n) is 3.18. The van der Waals surface area contributed by atoms with E-state index in [-0.39, 0.29) is 5.82 Å². The van der Waals surface area contributed by atoms with Crippen LogP contribution in [0.1, 0.15) is 30.9 Å². The van der Waals surface area contributed by atoms with Crippen LogP contribution in [0, 0.1) is 5.82 Å². The number of fused-ring (bicyclic) bond motifs is 1. The summed E-state index contributed by atoms with van der Waals surface area (Å²) in [5.41, 5.74) is 1.15. The number of hydrogen-bond acceptors (Lipinski definition) is 3. The monoisotopic (exact) mass is 285 g/mol. The van der Waals surface area contributed by atoms with Gasteiger partial charge >= 0.3 is 0 Å². The fraction of sp³-hybridized carbons (Fsp3) is 0.571. The molecule has 0 fully saturated rings. The van der Waals surface area contributed by atoms with E-state index in [0.717, 1.165) is 24.3 Å². The lowest BCUT2D eigenvalue weighted by molar-refractivity contribution is 0.496. The summed E-state index contributed by atoms with van der Waals surface area (Å²) in [7, 11) is 0. The predicted molar refractivity (Wildman–Crippen MR) is 80.1 cm³/mol. The maximum absolute atomic E-state index is 13.3. The molecule has 100 valence electrons. The Balaban J connectivity index is 1.89. The molecule has 1 atom stereocenters. The second-order valence-corrected chi connectivity index (χ2v) is 6.65. The van der Waals surface area contributed by atoms with Crippen molar-refractivity contribution in [1.29, 1.82) is 0 Å². The topological polar surface area (TPSA) is 12.0 Å². The van der Waals surface area contributed by atoms with Gasteiger partial charge in [-0.2, -0.15) is 11.8 Å². The molecule has 1 nitrogen and oxygen atoms in total. The van der Waals surface area contributed by atoms with Crippen LogP contribution >= 0.6 is 23.5 Å². The van der Waals surface area contributed by atoms with Gasteiger partial charge in [0.15, 0.2) is 0 Å². The van der Waals surface area contributed by atoms with Gasteiger partial charge in [0.2, 0.25) is 0 Å². The summed E-state index contributed by atoms with van der Waals surface area (Å²) < 4.78 is 13.3. The lowest BCUT2D eigenvalue weighted by atomic mass is 10.0. The lowest BCUT2D eigenvalue weighted by Gasteiger charge is -2.26. The molecule has 0 bridgehead atoms. The molecule has 18 heavy (non-hydrogen) atoms. The smallest absolute Gasteiger partial charge is 0.123 e. The summed E-state index contributed by atoms with van der Waals surface area (Å²) in [6, 6.07) is 5.51. The molecule has 0 aromatic heterocycles. The SMILES string of the molecule is CSCCCCNC1CCSc2ccc(F)cc21. The summed E-state index contributed by atoms with van der Waals surface area (Å²) in [6.45, 7) is 1.03. The Bertz CT molecular complexity index is 384. The van der Waals surface area contributed by atoms with E-state index < -0.39 is 0 Å². The summed E-state index contributed by atoms with van der Waals surface area (Å²) in [5.74, 6) is 2.24. The van der Waals surface area contributed by atoms with Crippen LogP contribution in [0.3, 0.4) is 0 Å². The molecule has 1 aliphatic rings. The van der Waals surface area contributed by atoms with Crippen molar-refractivity contribution in [2.45, 2.75) is 30.2 Å². The molecule has 0 saturated heterocycles. The standard InChI is InChI=1S/C14H20FNS2/c1-17-8-3-2-7-16-13-6-9-18-14-5-4-11(15)10-12(13)14/h4-5,10,13,16H,2-3,6-9H2,1H3. The number of nitrogens with one attached hydrogen (secondary N) is 1. The molecule has 1 unspecified atom stereocenters. The van der Waals surface area contributed by atoms with E-state index in [9.17, 15) is 4.39 Å². The first-order valence-corrected chi connectivity index (χ1v) is 8.84. The number of rotatable bonds is 6. The highest BCUT2D eigenvalue weighted by atomic mass is 32.2. The van der Waals surface area contributed by atoms with Gasteiger partial charge in [-0.1, -0.05) is 0 Å². The van der Waals surface area contributed by atoms with E-state index in [0.29, 0.717) is 6.04 Å². The van der Waals surface area contributed by atoms with Crippen LogP contribution in [-0.4, -0.2) is 24.3 Å². The molecule has 1 heterocycles. The quantitative estimate of drug-likeness (QED) is 0.791. The average molecular weight is 285 g/mol. The van der Waals surface area contributed by atoms with Gasteiger partial charge in [0, 0.05) is 10.9 Å². The first-order valence-electron chi connectivity index (χ1n) is 6.46. The molecule has 0 spiro atoms. The van der Waals surface area contributed by atoms with Gasteiger partial charge in [-0.25, -0.2) is 4.39 Å². The maximum atomic E-state index is 13.3. The van der Waals surface area contributed by atoms with Crippen LogP contribution in [0.25, 0.3) is 0 Å². The van der Waals surface area contributed by atoms with Crippen molar-refractivity contribution >= 4 is 23.5 Å². The van der Waals surface area contributed by atoms with Gasteiger partial charge in [-0.15, -0.1) is 11.8 Å². The van der Waals surface area contributed by atoms with Crippen molar-refractivity contribution < 1.29 is 4.39 Å². The van der Waals surface area contributed by atoms with Crippen molar-refractivity contribution in [2.24, 2.45) is 0 Å². The molecular formula is C14H20FNS2. The van der Waals surface area contributed by atoms with Crippen molar-refractivity contribution in [2.75, 3.05) is 24.3 Å². The Morgan fingerprint density at radius 3 is 3.17 bits per heavy atom. The molecule has 1 aliphatic heterocycles. The van der Waals surface area contributed by atoms with Crippen molar-refractivity contribution in [3.63, 3.8) is 0 Å². The highest BCUT2D eigenvalue weighted by molar-refractivity contribution is 7.99. The molecule has 0 radical (unpaired) electrons. The van der Waals surface area contributed by atoms with Crippen LogP contribution in [0.15, 0.2) is 23.1 Å². The van der Waals surface area contributed by atoms with Crippen molar-refractivity contribution in [3.05, 3.63) is 29.6 Å². The highest BCUT2D eigenvalue weighted by Crippen LogP contribution is 2.36. The molecular weight excluding hydrogens is 265 g/mol. The second-order valence-electron chi connectivity index (χ2n) is 4.53. The minimum absolute atomic E-state index is 0.120. The number of hydrogen-bond donors (Lipinski definition) is 1. The summed E-state index contributed by atoms with van der Waals surface area (Å²) in [5, 5.41) is 3.57. The summed E-state index contributed by atoms with van der Waals surface area (Å²) in [6.07, 6.45) is 5.70. The van der Waals surface area contributed by atoms with E-state index in [1.165, 1.54) is 23.5 Å². The molecule has 1 aromatic carbocycles. The van der Waals surface area contributed by atoms with Crippen LogP contribution < -0.4 is 5.32 Å². The van der Waals surface area contributed by atoms with E-state index in [1.54, 1.807) is 12.1 Å². The zero-order valence-corrected chi connectivity index (χ0v) is 12.4. The summed E-state index contributed by atoms with van der Waals surface area (Å²) in [4.78, 5) is 1.24. The lowest BCUT2D eigenvalue weighted by Crippen LogP contribution is -2.25. The van der Waals surface area contributed by atoms with Gasteiger partial charge in [0.25, 0.3) is 0 Å². The van der Waals surface area contributed by atoms with E-state index in [4.69, 9.17) is 0 Å².